The maximum absolute atomic E-state index is 13.2. The Morgan fingerprint density at radius 1 is 0.449 bits per heavy atom. The summed E-state index contributed by atoms with van der Waals surface area (Å²) in [5.41, 5.74) is 0. The Kier molecular flexibility index (Phi) is 38.5. The first-order chi connectivity index (χ1) is 37.8. The molecule has 3 saturated heterocycles. The fourth-order valence-electron chi connectivity index (χ4n) is 10.1. The van der Waals surface area contributed by atoms with Crippen molar-refractivity contribution < 1.29 is 89.4 Å². The number of carbonyl (C=O) groups excluding carboxylic acids is 1. The van der Waals surface area contributed by atoms with Crippen molar-refractivity contribution in [1.29, 1.82) is 0 Å². The van der Waals surface area contributed by atoms with E-state index in [2.05, 4.69) is 43.5 Å². The van der Waals surface area contributed by atoms with Gasteiger partial charge in [-0.05, 0) is 51.4 Å². The Labute approximate surface area is 466 Å². The molecule has 19 heteroatoms. The Bertz CT molecular complexity index is 1570. The number of unbranched alkanes of at least 4 members (excludes halogenated alkanes) is 24. The van der Waals surface area contributed by atoms with Crippen LogP contribution in [0.5, 0.6) is 0 Å². The summed E-state index contributed by atoms with van der Waals surface area (Å²) in [6, 6.07) is -0.991. The molecule has 3 fully saturated rings. The van der Waals surface area contributed by atoms with Crippen molar-refractivity contribution >= 4 is 5.91 Å². The van der Waals surface area contributed by atoms with Gasteiger partial charge >= 0.3 is 0 Å². The van der Waals surface area contributed by atoms with Gasteiger partial charge in [0, 0.05) is 6.42 Å². The number of hydrogen-bond donors (Lipinski definition) is 12. The van der Waals surface area contributed by atoms with E-state index >= 15 is 0 Å². The van der Waals surface area contributed by atoms with Gasteiger partial charge in [0.05, 0.1) is 38.6 Å². The number of aliphatic hydroxyl groups excluding tert-OH is 11. The molecule has 3 aliphatic rings. The lowest BCUT2D eigenvalue weighted by atomic mass is 9.96. The Morgan fingerprint density at radius 2 is 0.846 bits per heavy atom. The smallest absolute Gasteiger partial charge is 0.220 e. The highest BCUT2D eigenvalue weighted by Crippen LogP contribution is 2.33. The minimum Gasteiger partial charge on any atom is -0.394 e. The van der Waals surface area contributed by atoms with E-state index in [4.69, 9.17) is 28.4 Å². The van der Waals surface area contributed by atoms with Crippen molar-refractivity contribution in [2.75, 3.05) is 26.4 Å². The molecule has 17 atom stereocenters. The van der Waals surface area contributed by atoms with Gasteiger partial charge in [-0.2, -0.15) is 0 Å². The molecule has 0 radical (unpaired) electrons. The molecule has 19 nitrogen and oxygen atoms in total. The van der Waals surface area contributed by atoms with Crippen molar-refractivity contribution in [3.8, 4) is 0 Å². The standard InChI is InChI=1S/C59H107NO18/c1-3-5-7-9-11-13-15-16-17-18-19-20-21-22-23-24-25-26-27-28-30-32-34-36-43(64)42(60-47(65)37-35-33-31-29-14-12-10-8-6-4-2)41-73-57-53(71)50(68)55(45(39-62)75-57)78-59-54(72)51(69)56(46(40-63)76-59)77-58-52(70)49(67)48(66)44(38-61)74-58/h8,10,27-28,34,36,42-46,48-59,61-64,66-72H,3-7,9,11-26,29-33,35,37-41H2,1-2H3,(H,60,65)/b10-8-,28-27+,36-34+. The van der Waals surface area contributed by atoms with Crippen LogP contribution in [0.4, 0.5) is 0 Å². The quantitative estimate of drug-likeness (QED) is 0.0271. The molecule has 1 amide bonds. The normalized spacial score (nSPS) is 30.7. The predicted octanol–water partition coefficient (Wildman–Crippen LogP) is 5.32. The summed E-state index contributed by atoms with van der Waals surface area (Å²) in [6.45, 7) is 1.62. The van der Waals surface area contributed by atoms with Crippen molar-refractivity contribution in [3.05, 3.63) is 36.5 Å². The van der Waals surface area contributed by atoms with Gasteiger partial charge in [0.2, 0.25) is 5.91 Å². The largest absolute Gasteiger partial charge is 0.394 e. The van der Waals surface area contributed by atoms with E-state index in [1.54, 1.807) is 6.08 Å². The molecule has 0 aromatic rings. The summed E-state index contributed by atoms with van der Waals surface area (Å²) >= 11 is 0. The summed E-state index contributed by atoms with van der Waals surface area (Å²) in [6.07, 6.45) is 18.7. The molecular weight excluding hydrogens is 1010 g/mol. The minimum atomic E-state index is -1.98. The minimum absolute atomic E-state index is 0.224. The van der Waals surface area contributed by atoms with Gasteiger partial charge in [-0.1, -0.05) is 179 Å². The Hall–Kier alpha value is -1.99. The highest BCUT2D eigenvalue weighted by atomic mass is 16.8. The number of rotatable bonds is 44. The summed E-state index contributed by atoms with van der Waals surface area (Å²) in [5, 5.41) is 120. The number of allylic oxidation sites excluding steroid dienone is 5. The first-order valence-corrected chi connectivity index (χ1v) is 30.2. The average Bonchev–Trinajstić information content (AvgIpc) is 3.44. The third kappa shape index (κ3) is 26.5. The van der Waals surface area contributed by atoms with Gasteiger partial charge in [0.15, 0.2) is 18.9 Å². The second kappa shape index (κ2) is 42.8. The number of hydrogen-bond acceptors (Lipinski definition) is 18. The maximum atomic E-state index is 13.2. The number of aliphatic hydroxyl groups is 11. The van der Waals surface area contributed by atoms with Crippen LogP contribution < -0.4 is 5.32 Å². The van der Waals surface area contributed by atoms with Gasteiger partial charge in [-0.15, -0.1) is 0 Å². The van der Waals surface area contributed by atoms with E-state index in [-0.39, 0.29) is 18.9 Å². The van der Waals surface area contributed by atoms with E-state index in [1.165, 1.54) is 103 Å². The molecular formula is C59H107NO18. The van der Waals surface area contributed by atoms with E-state index in [0.717, 1.165) is 64.2 Å². The SMILES string of the molecule is CCC/C=C\CCCCCCCC(=O)NC(COC1OC(CO)C(OC2OC(CO)C(OC3OC(CO)C(O)C(O)C3O)C(O)C2O)C(O)C1O)C(O)/C=C/CC/C=C/CCCCCCCCCCCCCCCCCCC. The van der Waals surface area contributed by atoms with Crippen LogP contribution in [0.1, 0.15) is 200 Å². The average molecular weight is 1120 g/mol. The number of ether oxygens (including phenoxy) is 6. The molecule has 0 bridgehead atoms. The van der Waals surface area contributed by atoms with Gasteiger partial charge in [-0.3, -0.25) is 4.79 Å². The molecule has 17 unspecified atom stereocenters. The van der Waals surface area contributed by atoms with Crippen molar-refractivity contribution in [2.45, 2.75) is 304 Å². The van der Waals surface area contributed by atoms with Crippen LogP contribution in [0.15, 0.2) is 36.5 Å². The molecule has 0 aromatic carbocycles. The van der Waals surface area contributed by atoms with Crippen LogP contribution in [-0.2, 0) is 33.2 Å². The van der Waals surface area contributed by atoms with Crippen molar-refractivity contribution in [2.24, 2.45) is 0 Å². The highest BCUT2D eigenvalue weighted by Gasteiger charge is 2.53. The number of amides is 1. The van der Waals surface area contributed by atoms with Crippen molar-refractivity contribution in [1.82, 2.24) is 5.32 Å². The van der Waals surface area contributed by atoms with Crippen LogP contribution in [0, 0.1) is 0 Å². The number of nitrogens with one attached hydrogen (secondary N) is 1. The second-order valence-electron chi connectivity index (χ2n) is 21.8. The second-order valence-corrected chi connectivity index (χ2v) is 21.8. The summed E-state index contributed by atoms with van der Waals surface area (Å²) in [7, 11) is 0. The first kappa shape index (κ1) is 70.3. The van der Waals surface area contributed by atoms with Crippen LogP contribution in [0.25, 0.3) is 0 Å². The molecule has 0 aromatic heterocycles. The Balaban J connectivity index is 1.48. The van der Waals surface area contributed by atoms with Crippen LogP contribution in [0.2, 0.25) is 0 Å². The van der Waals surface area contributed by atoms with Gasteiger partial charge < -0.3 is 89.9 Å². The summed E-state index contributed by atoms with van der Waals surface area (Å²) in [4.78, 5) is 13.2. The van der Waals surface area contributed by atoms with Crippen LogP contribution in [0.3, 0.4) is 0 Å². The van der Waals surface area contributed by atoms with E-state index in [1.807, 2.05) is 6.08 Å². The molecule has 3 aliphatic heterocycles. The molecule has 0 saturated carbocycles. The van der Waals surface area contributed by atoms with E-state index < -0.39 is 124 Å². The van der Waals surface area contributed by atoms with Crippen LogP contribution in [-0.4, -0.2) is 193 Å². The molecule has 78 heavy (non-hydrogen) atoms. The van der Waals surface area contributed by atoms with Crippen molar-refractivity contribution in [3.63, 3.8) is 0 Å². The zero-order chi connectivity index (χ0) is 56.9. The topological polar surface area (TPSA) is 307 Å². The summed E-state index contributed by atoms with van der Waals surface area (Å²) in [5.74, 6) is -0.298. The zero-order valence-corrected chi connectivity index (χ0v) is 47.4. The molecule has 12 N–H and O–H groups in total. The molecule has 0 spiro atoms. The zero-order valence-electron chi connectivity index (χ0n) is 47.4. The highest BCUT2D eigenvalue weighted by molar-refractivity contribution is 5.76. The molecule has 3 heterocycles. The lowest BCUT2D eigenvalue weighted by molar-refractivity contribution is -0.379. The van der Waals surface area contributed by atoms with E-state index in [0.29, 0.717) is 12.8 Å². The monoisotopic (exact) mass is 1120 g/mol. The Morgan fingerprint density at radius 3 is 1.33 bits per heavy atom. The molecule has 3 rings (SSSR count). The summed E-state index contributed by atoms with van der Waals surface area (Å²) < 4.78 is 34.2. The van der Waals surface area contributed by atoms with Gasteiger partial charge in [-0.25, -0.2) is 0 Å². The van der Waals surface area contributed by atoms with Gasteiger partial charge in [0.1, 0.15) is 73.2 Å². The van der Waals surface area contributed by atoms with Crippen LogP contribution >= 0.6 is 0 Å². The first-order valence-electron chi connectivity index (χ1n) is 30.2. The third-order valence-corrected chi connectivity index (χ3v) is 15.1. The van der Waals surface area contributed by atoms with E-state index in [9.17, 15) is 61.0 Å². The maximum Gasteiger partial charge on any atom is 0.220 e. The lowest BCUT2D eigenvalue weighted by Gasteiger charge is -2.48. The lowest BCUT2D eigenvalue weighted by Crippen LogP contribution is -2.66. The molecule has 456 valence electrons. The fourth-order valence-corrected chi connectivity index (χ4v) is 10.1. The number of carbonyl (C=O) groups is 1. The van der Waals surface area contributed by atoms with Gasteiger partial charge in [0.25, 0.3) is 0 Å². The fraction of sp³-hybridized carbons (Fsp3) is 0.881. The third-order valence-electron chi connectivity index (χ3n) is 15.1. The molecule has 0 aliphatic carbocycles. The predicted molar refractivity (Wildman–Crippen MR) is 296 cm³/mol.